The molecule has 1 amide bonds. The Kier molecular flexibility index (Phi) is 5.28. The molecule has 0 bridgehead atoms. The molecule has 0 spiro atoms. The number of nitrogens with one attached hydrogen (secondary N) is 1. The van der Waals surface area contributed by atoms with Gasteiger partial charge in [0.1, 0.15) is 9.83 Å². The van der Waals surface area contributed by atoms with Gasteiger partial charge in [-0.1, -0.05) is 58.8 Å². The van der Waals surface area contributed by atoms with E-state index >= 15 is 0 Å². The topological polar surface area (TPSA) is 68.2 Å². The van der Waals surface area contributed by atoms with Gasteiger partial charge in [0.05, 0.1) is 16.3 Å². The van der Waals surface area contributed by atoms with Crippen molar-refractivity contribution in [1.29, 1.82) is 0 Å². The van der Waals surface area contributed by atoms with Gasteiger partial charge in [-0.15, -0.1) is 0 Å². The Morgan fingerprint density at radius 3 is 2.50 bits per heavy atom. The number of aryl methyl sites for hydroxylation is 1. The molecule has 0 aliphatic heterocycles. The molecule has 0 unspecified atom stereocenters. The van der Waals surface area contributed by atoms with Gasteiger partial charge < -0.3 is 5.32 Å². The number of thiophene rings is 1. The molecule has 0 atom stereocenters. The number of hydrogen-bond donors (Lipinski definition) is 1. The third kappa shape index (κ3) is 3.56. The summed E-state index contributed by atoms with van der Waals surface area (Å²) < 4.78 is 1.47. The zero-order valence-electron chi connectivity index (χ0n) is 16.2. The van der Waals surface area contributed by atoms with Crippen LogP contribution in [0.3, 0.4) is 0 Å². The van der Waals surface area contributed by atoms with E-state index in [0.29, 0.717) is 37.1 Å². The first-order valence-corrected chi connectivity index (χ1v) is 10.4. The second kappa shape index (κ2) is 7.89. The van der Waals surface area contributed by atoms with E-state index in [-0.39, 0.29) is 17.2 Å². The van der Waals surface area contributed by atoms with E-state index in [4.69, 9.17) is 11.6 Å². The summed E-state index contributed by atoms with van der Waals surface area (Å²) in [5.41, 5.74) is 2.06. The molecule has 0 saturated carbocycles. The Hall–Kier alpha value is -3.22. The second-order valence-electron chi connectivity index (χ2n) is 6.86. The van der Waals surface area contributed by atoms with Crippen LogP contribution in [0.15, 0.2) is 65.5 Å². The number of benzene rings is 2. The Labute approximate surface area is 181 Å². The number of amides is 1. The minimum atomic E-state index is -0.300. The number of fused-ring (bicyclic) bond motifs is 1. The van der Waals surface area contributed by atoms with Crippen LogP contribution in [-0.2, 0) is 4.79 Å². The lowest BCUT2D eigenvalue weighted by Crippen LogP contribution is -2.17. The van der Waals surface area contributed by atoms with E-state index in [2.05, 4.69) is 5.32 Å². The number of anilines is 1. The lowest BCUT2D eigenvalue weighted by molar-refractivity contribution is -0.114. The number of rotatable bonds is 4. The number of aromatic nitrogens is 1. The molecule has 2 heterocycles. The maximum absolute atomic E-state index is 13.4. The standard InChI is InChI=1S/C23H17ClN2O3S/c1-13-6-5-7-15(12-13)21(29)20-16-10-11-19(28)26(18-9-4-3-8-17(18)24)23(16)30-22(20)25-14(2)27/h3-12H,1-2H3,(H,25,27). The smallest absolute Gasteiger partial charge is 0.256 e. The van der Waals surface area contributed by atoms with Crippen molar-refractivity contribution in [3.8, 4) is 5.69 Å². The molecular formula is C23H17ClN2O3S. The zero-order chi connectivity index (χ0) is 21.4. The molecule has 0 saturated heterocycles. The monoisotopic (exact) mass is 436 g/mol. The summed E-state index contributed by atoms with van der Waals surface area (Å²) in [4.78, 5) is 38.5. The van der Waals surface area contributed by atoms with Crippen LogP contribution in [0.5, 0.6) is 0 Å². The van der Waals surface area contributed by atoms with Gasteiger partial charge in [-0.05, 0) is 31.2 Å². The molecule has 0 aliphatic rings. The molecule has 2 aromatic heterocycles. The SMILES string of the molecule is CC(=O)Nc1sc2c(ccc(=O)n2-c2ccccc2Cl)c1C(=O)c1cccc(C)c1. The average molecular weight is 437 g/mol. The lowest BCUT2D eigenvalue weighted by Gasteiger charge is -2.09. The molecule has 0 radical (unpaired) electrons. The van der Waals surface area contributed by atoms with E-state index in [1.54, 1.807) is 42.5 Å². The third-order valence-electron chi connectivity index (χ3n) is 4.63. The summed E-state index contributed by atoms with van der Waals surface area (Å²) in [6.45, 7) is 3.29. The van der Waals surface area contributed by atoms with E-state index < -0.39 is 0 Å². The first-order chi connectivity index (χ1) is 14.4. The number of hydrogen-bond acceptors (Lipinski definition) is 4. The maximum atomic E-state index is 13.4. The van der Waals surface area contributed by atoms with Gasteiger partial charge in [0, 0.05) is 23.9 Å². The van der Waals surface area contributed by atoms with Crippen LogP contribution in [0.2, 0.25) is 5.02 Å². The summed E-state index contributed by atoms with van der Waals surface area (Å²) in [6, 6.07) is 17.3. The molecule has 0 aliphatic carbocycles. The quantitative estimate of drug-likeness (QED) is 0.447. The Bertz CT molecular complexity index is 1370. The van der Waals surface area contributed by atoms with Gasteiger partial charge in [0.15, 0.2) is 5.78 Å². The minimum Gasteiger partial charge on any atom is -0.317 e. The van der Waals surface area contributed by atoms with Crippen LogP contribution in [0.1, 0.15) is 28.4 Å². The summed E-state index contributed by atoms with van der Waals surface area (Å²) >= 11 is 7.52. The summed E-state index contributed by atoms with van der Waals surface area (Å²) in [5.74, 6) is -0.524. The number of halogens is 1. The normalized spacial score (nSPS) is 10.9. The number of pyridine rings is 1. The zero-order valence-corrected chi connectivity index (χ0v) is 17.8. The predicted molar refractivity (Wildman–Crippen MR) is 121 cm³/mol. The Balaban J connectivity index is 2.04. The van der Waals surface area contributed by atoms with Crippen LogP contribution >= 0.6 is 22.9 Å². The summed E-state index contributed by atoms with van der Waals surface area (Å²) in [7, 11) is 0. The molecule has 5 nitrogen and oxygen atoms in total. The highest BCUT2D eigenvalue weighted by Crippen LogP contribution is 2.38. The fourth-order valence-electron chi connectivity index (χ4n) is 3.35. The van der Waals surface area contributed by atoms with Crippen molar-refractivity contribution >= 4 is 49.8 Å². The van der Waals surface area contributed by atoms with Crippen molar-refractivity contribution in [3.05, 3.63) is 92.7 Å². The number of para-hydroxylation sites is 1. The first kappa shape index (κ1) is 20.1. The van der Waals surface area contributed by atoms with Crippen molar-refractivity contribution in [2.75, 3.05) is 5.32 Å². The molecule has 30 heavy (non-hydrogen) atoms. The van der Waals surface area contributed by atoms with E-state index in [0.717, 1.165) is 5.56 Å². The largest absolute Gasteiger partial charge is 0.317 e. The van der Waals surface area contributed by atoms with Crippen LogP contribution in [0, 0.1) is 6.92 Å². The van der Waals surface area contributed by atoms with Crippen LogP contribution in [-0.4, -0.2) is 16.3 Å². The predicted octanol–water partition coefficient (Wildman–Crippen LogP) is 5.20. The number of carbonyl (C=O) groups is 2. The molecule has 150 valence electrons. The van der Waals surface area contributed by atoms with Crippen molar-refractivity contribution < 1.29 is 9.59 Å². The molecule has 7 heteroatoms. The molecule has 0 fully saturated rings. The van der Waals surface area contributed by atoms with Gasteiger partial charge in [-0.25, -0.2) is 0 Å². The molecule has 1 N–H and O–H groups in total. The highest BCUT2D eigenvalue weighted by atomic mass is 35.5. The van der Waals surface area contributed by atoms with Gasteiger partial charge in [0.2, 0.25) is 5.91 Å². The Morgan fingerprint density at radius 1 is 1.03 bits per heavy atom. The van der Waals surface area contributed by atoms with Gasteiger partial charge in [0.25, 0.3) is 5.56 Å². The van der Waals surface area contributed by atoms with Gasteiger partial charge in [-0.2, -0.15) is 0 Å². The van der Waals surface area contributed by atoms with Crippen LogP contribution in [0.25, 0.3) is 15.9 Å². The highest BCUT2D eigenvalue weighted by molar-refractivity contribution is 7.23. The molecule has 4 rings (SSSR count). The van der Waals surface area contributed by atoms with Crippen molar-refractivity contribution in [2.24, 2.45) is 0 Å². The second-order valence-corrected chi connectivity index (χ2v) is 8.27. The fraction of sp³-hybridized carbons (Fsp3) is 0.0870. The van der Waals surface area contributed by atoms with Crippen LogP contribution in [0.4, 0.5) is 5.00 Å². The van der Waals surface area contributed by atoms with Crippen molar-refractivity contribution in [2.45, 2.75) is 13.8 Å². The van der Waals surface area contributed by atoms with Gasteiger partial charge in [-0.3, -0.25) is 19.0 Å². The maximum Gasteiger partial charge on any atom is 0.256 e. The van der Waals surface area contributed by atoms with E-state index in [1.807, 2.05) is 19.1 Å². The third-order valence-corrected chi connectivity index (χ3v) is 6.06. The van der Waals surface area contributed by atoms with E-state index in [9.17, 15) is 14.4 Å². The first-order valence-electron chi connectivity index (χ1n) is 9.19. The van der Waals surface area contributed by atoms with Gasteiger partial charge >= 0.3 is 0 Å². The molecule has 2 aromatic carbocycles. The number of nitrogens with zero attached hydrogens (tertiary/aromatic N) is 1. The fourth-order valence-corrected chi connectivity index (χ4v) is 4.82. The van der Waals surface area contributed by atoms with Crippen LogP contribution < -0.4 is 10.9 Å². The Morgan fingerprint density at radius 2 is 1.80 bits per heavy atom. The number of ketones is 1. The molecule has 4 aromatic rings. The highest BCUT2D eigenvalue weighted by Gasteiger charge is 2.24. The van der Waals surface area contributed by atoms with Crippen molar-refractivity contribution in [1.82, 2.24) is 4.57 Å². The average Bonchev–Trinajstić information content (AvgIpc) is 3.05. The summed E-state index contributed by atoms with van der Waals surface area (Å²) in [5, 5.41) is 4.14. The molecular weight excluding hydrogens is 420 g/mol. The van der Waals surface area contributed by atoms with E-state index in [1.165, 1.54) is 28.9 Å². The lowest BCUT2D eigenvalue weighted by atomic mass is 10.0. The van der Waals surface area contributed by atoms with Crippen molar-refractivity contribution in [3.63, 3.8) is 0 Å². The summed E-state index contributed by atoms with van der Waals surface area (Å²) in [6.07, 6.45) is 0. The minimum absolute atomic E-state index is 0.224. The number of carbonyl (C=O) groups excluding carboxylic acids is 2.